The van der Waals surface area contributed by atoms with Crippen LogP contribution in [-0.2, 0) is 22.7 Å². The average molecular weight is 525 g/mol. The number of urea groups is 1. The number of nitrogens with one attached hydrogen (secondary N) is 2. The molecule has 0 radical (unpaired) electrons. The van der Waals surface area contributed by atoms with Crippen LogP contribution in [0.15, 0.2) is 42.6 Å². The molecule has 0 aromatic heterocycles. The first-order valence-electron chi connectivity index (χ1n) is 11.1. The Bertz CT molecular complexity index is 1120. The molecule has 0 spiro atoms. The summed E-state index contributed by atoms with van der Waals surface area (Å²) >= 11 is 5.98. The maximum Gasteiger partial charge on any atom is 0.345 e. The lowest BCUT2D eigenvalue weighted by atomic mass is 10.0. The van der Waals surface area contributed by atoms with Crippen molar-refractivity contribution in [2.75, 3.05) is 13.2 Å². The molecule has 0 bridgehead atoms. The number of fused-ring (bicyclic) bond motifs is 1. The Morgan fingerprint density at radius 3 is 2.78 bits per heavy atom. The van der Waals surface area contributed by atoms with Crippen LogP contribution in [0.3, 0.4) is 0 Å². The minimum absolute atomic E-state index is 0.00711. The predicted octanol–water partition coefficient (Wildman–Crippen LogP) is 2.71. The SMILES string of the molecule is CC(=O)N(NCc1cccc(F)c1Cl)[C@@H](CONC(=O)N1C=Cc2cc(F)ccc2C1)C[C@@H](O)CO. The summed E-state index contributed by atoms with van der Waals surface area (Å²) in [5.74, 6) is -1.43. The fourth-order valence-electron chi connectivity index (χ4n) is 3.66. The van der Waals surface area contributed by atoms with Crippen LogP contribution in [0.25, 0.3) is 6.08 Å². The maximum atomic E-state index is 13.7. The summed E-state index contributed by atoms with van der Waals surface area (Å²) in [6.45, 7) is 0.667. The molecule has 0 fully saturated rings. The van der Waals surface area contributed by atoms with Gasteiger partial charge in [-0.1, -0.05) is 29.8 Å². The Kier molecular flexibility index (Phi) is 9.73. The van der Waals surface area contributed by atoms with Gasteiger partial charge in [-0.15, -0.1) is 0 Å². The van der Waals surface area contributed by atoms with E-state index in [0.29, 0.717) is 11.1 Å². The summed E-state index contributed by atoms with van der Waals surface area (Å²) in [7, 11) is 0. The van der Waals surface area contributed by atoms with E-state index in [9.17, 15) is 28.6 Å². The highest BCUT2D eigenvalue weighted by molar-refractivity contribution is 6.31. The van der Waals surface area contributed by atoms with Crippen molar-refractivity contribution in [3.8, 4) is 0 Å². The summed E-state index contributed by atoms with van der Waals surface area (Å²) < 4.78 is 27.1. The van der Waals surface area contributed by atoms with E-state index in [1.54, 1.807) is 18.2 Å². The lowest BCUT2D eigenvalue weighted by Gasteiger charge is -2.32. The zero-order valence-electron chi connectivity index (χ0n) is 19.5. The number of hydrogen-bond acceptors (Lipinski definition) is 6. The zero-order chi connectivity index (χ0) is 26.2. The molecule has 3 amide bonds. The molecule has 4 N–H and O–H groups in total. The van der Waals surface area contributed by atoms with Crippen LogP contribution in [0, 0.1) is 11.6 Å². The van der Waals surface area contributed by atoms with Crippen molar-refractivity contribution in [3.05, 3.63) is 75.9 Å². The minimum atomic E-state index is -1.17. The molecule has 1 aliphatic heterocycles. The van der Waals surface area contributed by atoms with Crippen molar-refractivity contribution in [1.29, 1.82) is 0 Å². The standard InChI is InChI=1S/C24H27ClF2N4O5/c1-15(33)31(28-11-17-3-2-4-22(27)23(17)25)20(10-21(34)13-32)14-36-29-24(35)30-8-7-16-9-19(26)6-5-18(16)12-30/h2-9,20-21,28,32,34H,10-14H2,1H3,(H,29,35)/t20-,21-/m1/s1. The number of benzene rings is 2. The van der Waals surface area contributed by atoms with Gasteiger partial charge >= 0.3 is 6.03 Å². The Hall–Kier alpha value is -3.09. The number of carbonyl (C=O) groups excluding carboxylic acids is 2. The Morgan fingerprint density at radius 1 is 1.28 bits per heavy atom. The van der Waals surface area contributed by atoms with Crippen molar-refractivity contribution >= 4 is 29.6 Å². The number of hydroxylamine groups is 1. The minimum Gasteiger partial charge on any atom is -0.394 e. The molecule has 0 aliphatic carbocycles. The van der Waals surface area contributed by atoms with E-state index in [-0.39, 0.29) is 37.0 Å². The Morgan fingerprint density at radius 2 is 2.06 bits per heavy atom. The number of hydrogen-bond donors (Lipinski definition) is 4. The Balaban J connectivity index is 1.62. The maximum absolute atomic E-state index is 13.7. The van der Waals surface area contributed by atoms with Gasteiger partial charge in [-0.2, -0.15) is 0 Å². The van der Waals surface area contributed by atoms with E-state index < -0.39 is 36.5 Å². The van der Waals surface area contributed by atoms with Crippen LogP contribution < -0.4 is 10.9 Å². The fraction of sp³-hybridized carbons (Fsp3) is 0.333. The second kappa shape index (κ2) is 12.7. The number of carbonyl (C=O) groups is 2. The van der Waals surface area contributed by atoms with E-state index in [1.165, 1.54) is 42.3 Å². The van der Waals surface area contributed by atoms with Gasteiger partial charge in [-0.3, -0.25) is 19.5 Å². The first-order valence-corrected chi connectivity index (χ1v) is 11.5. The van der Waals surface area contributed by atoms with Crippen LogP contribution in [-0.4, -0.2) is 57.4 Å². The lowest BCUT2D eigenvalue weighted by Crippen LogP contribution is -2.52. The van der Waals surface area contributed by atoms with E-state index in [4.69, 9.17) is 16.4 Å². The molecule has 2 atom stereocenters. The number of amides is 3. The highest BCUT2D eigenvalue weighted by atomic mass is 35.5. The highest BCUT2D eigenvalue weighted by Crippen LogP contribution is 2.21. The second-order valence-corrected chi connectivity index (χ2v) is 8.55. The summed E-state index contributed by atoms with van der Waals surface area (Å²) in [4.78, 5) is 31.6. The molecule has 0 saturated carbocycles. The molecule has 1 heterocycles. The number of aliphatic hydroxyl groups is 2. The summed E-state index contributed by atoms with van der Waals surface area (Å²) in [6, 6.07) is 7.12. The lowest BCUT2D eigenvalue weighted by molar-refractivity contribution is -0.139. The topological polar surface area (TPSA) is 114 Å². The van der Waals surface area contributed by atoms with Crippen molar-refractivity contribution in [3.63, 3.8) is 0 Å². The number of aliphatic hydroxyl groups excluding tert-OH is 2. The van der Waals surface area contributed by atoms with Crippen LogP contribution >= 0.6 is 11.6 Å². The monoisotopic (exact) mass is 524 g/mol. The quantitative estimate of drug-likeness (QED) is 0.355. The van der Waals surface area contributed by atoms with E-state index in [2.05, 4.69) is 10.9 Å². The molecule has 12 heteroatoms. The third kappa shape index (κ3) is 7.21. The molecule has 36 heavy (non-hydrogen) atoms. The van der Waals surface area contributed by atoms with Crippen molar-refractivity contribution in [2.24, 2.45) is 0 Å². The molecule has 2 aromatic rings. The molecule has 0 unspecified atom stereocenters. The van der Waals surface area contributed by atoms with Gasteiger partial charge in [0, 0.05) is 19.7 Å². The van der Waals surface area contributed by atoms with Gasteiger partial charge in [0.15, 0.2) is 0 Å². The summed E-state index contributed by atoms with van der Waals surface area (Å²) in [5, 5.41) is 20.3. The van der Waals surface area contributed by atoms with Crippen LogP contribution in [0.4, 0.5) is 13.6 Å². The van der Waals surface area contributed by atoms with Gasteiger partial charge in [0.1, 0.15) is 11.6 Å². The van der Waals surface area contributed by atoms with Crippen LogP contribution in [0.1, 0.15) is 30.0 Å². The molecule has 1 aliphatic rings. The molecule has 9 nitrogen and oxygen atoms in total. The summed E-state index contributed by atoms with van der Waals surface area (Å²) in [6.07, 6.45) is 1.83. The Labute approximate surface area is 211 Å². The average Bonchev–Trinajstić information content (AvgIpc) is 2.85. The summed E-state index contributed by atoms with van der Waals surface area (Å²) in [5.41, 5.74) is 6.94. The zero-order valence-corrected chi connectivity index (χ0v) is 20.2. The first kappa shape index (κ1) is 27.5. The van der Waals surface area contributed by atoms with Gasteiger partial charge in [0.05, 0.1) is 36.9 Å². The van der Waals surface area contributed by atoms with Crippen LogP contribution in [0.5, 0.6) is 0 Å². The molecule has 2 aromatic carbocycles. The third-order valence-corrected chi connectivity index (χ3v) is 5.93. The molecular formula is C24H27ClF2N4O5. The highest BCUT2D eigenvalue weighted by Gasteiger charge is 2.26. The third-order valence-electron chi connectivity index (χ3n) is 5.51. The van der Waals surface area contributed by atoms with Crippen molar-refractivity contribution < 1.29 is 33.4 Å². The van der Waals surface area contributed by atoms with E-state index in [0.717, 1.165) is 10.6 Å². The molecule has 0 saturated heterocycles. The van der Waals surface area contributed by atoms with E-state index in [1.807, 2.05) is 0 Å². The molecule has 3 rings (SSSR count). The van der Waals surface area contributed by atoms with Gasteiger partial charge in [0.2, 0.25) is 5.91 Å². The van der Waals surface area contributed by atoms with Crippen molar-refractivity contribution in [1.82, 2.24) is 20.8 Å². The van der Waals surface area contributed by atoms with Gasteiger partial charge in [-0.25, -0.2) is 24.5 Å². The van der Waals surface area contributed by atoms with Gasteiger partial charge in [0.25, 0.3) is 0 Å². The smallest absolute Gasteiger partial charge is 0.345 e. The van der Waals surface area contributed by atoms with Crippen LogP contribution in [0.2, 0.25) is 5.02 Å². The fourth-order valence-corrected chi connectivity index (χ4v) is 3.85. The predicted molar refractivity (Wildman–Crippen MR) is 128 cm³/mol. The molecule has 194 valence electrons. The number of hydrazine groups is 1. The first-order chi connectivity index (χ1) is 17.2. The number of rotatable bonds is 10. The van der Waals surface area contributed by atoms with Gasteiger partial charge < -0.3 is 10.2 Å². The number of halogens is 3. The van der Waals surface area contributed by atoms with E-state index >= 15 is 0 Å². The van der Waals surface area contributed by atoms with Crippen molar-refractivity contribution in [2.45, 2.75) is 38.6 Å². The normalized spacial score (nSPS) is 14.2. The molecular weight excluding hydrogens is 498 g/mol. The largest absolute Gasteiger partial charge is 0.394 e. The second-order valence-electron chi connectivity index (χ2n) is 8.17. The number of nitrogens with zero attached hydrogens (tertiary/aromatic N) is 2. The van der Waals surface area contributed by atoms with Gasteiger partial charge in [-0.05, 0) is 47.4 Å².